The molecule has 2 atom stereocenters. The number of benzene rings is 1. The summed E-state index contributed by atoms with van der Waals surface area (Å²) in [4.78, 5) is 10.8. The highest BCUT2D eigenvalue weighted by molar-refractivity contribution is 5.87. The van der Waals surface area contributed by atoms with E-state index in [1.54, 1.807) is 12.1 Å². The van der Waals surface area contributed by atoms with Gasteiger partial charge in [-0.3, -0.25) is 0 Å². The van der Waals surface area contributed by atoms with Crippen molar-refractivity contribution in [3.63, 3.8) is 0 Å². The average molecular weight is 218 g/mol. The van der Waals surface area contributed by atoms with E-state index >= 15 is 0 Å². The van der Waals surface area contributed by atoms with Gasteiger partial charge in [-0.25, -0.2) is 4.79 Å². The molecule has 0 aromatic heterocycles. The Labute approximate surface area is 96.3 Å². The second-order valence-corrected chi connectivity index (χ2v) is 4.80. The number of carboxylic acid groups (broad SMARTS) is 1. The predicted molar refractivity (Wildman–Crippen MR) is 63.8 cm³/mol. The van der Waals surface area contributed by atoms with Crippen molar-refractivity contribution in [2.24, 2.45) is 5.92 Å². The first-order valence-corrected chi connectivity index (χ1v) is 6.01. The van der Waals surface area contributed by atoms with Crippen LogP contribution in [-0.4, -0.2) is 11.1 Å². The SMILES string of the molecule is CC1CCCCC1c1ccc(C(=O)O)cc1. The van der Waals surface area contributed by atoms with Crippen LogP contribution in [-0.2, 0) is 0 Å². The molecule has 2 heteroatoms. The molecule has 2 rings (SSSR count). The lowest BCUT2D eigenvalue weighted by molar-refractivity contribution is 0.0697. The molecule has 0 saturated heterocycles. The minimum absolute atomic E-state index is 0.382. The van der Waals surface area contributed by atoms with Crippen LogP contribution in [0.3, 0.4) is 0 Å². The highest BCUT2D eigenvalue weighted by Crippen LogP contribution is 2.37. The number of hydrogen-bond donors (Lipinski definition) is 1. The van der Waals surface area contributed by atoms with Gasteiger partial charge >= 0.3 is 5.97 Å². The van der Waals surface area contributed by atoms with Gasteiger partial charge in [0.2, 0.25) is 0 Å². The summed E-state index contributed by atoms with van der Waals surface area (Å²) in [6, 6.07) is 7.41. The quantitative estimate of drug-likeness (QED) is 0.822. The monoisotopic (exact) mass is 218 g/mol. The second-order valence-electron chi connectivity index (χ2n) is 4.80. The summed E-state index contributed by atoms with van der Waals surface area (Å²) in [5, 5.41) is 8.84. The fraction of sp³-hybridized carbons (Fsp3) is 0.500. The lowest BCUT2D eigenvalue weighted by Crippen LogP contribution is -2.14. The van der Waals surface area contributed by atoms with Gasteiger partial charge in [-0.1, -0.05) is 38.3 Å². The molecule has 0 bridgehead atoms. The maximum Gasteiger partial charge on any atom is 0.335 e. The van der Waals surface area contributed by atoms with Crippen molar-refractivity contribution < 1.29 is 9.90 Å². The highest BCUT2D eigenvalue weighted by atomic mass is 16.4. The molecule has 0 heterocycles. The molecular weight excluding hydrogens is 200 g/mol. The summed E-state index contributed by atoms with van der Waals surface area (Å²) in [6.07, 6.45) is 5.18. The first-order chi connectivity index (χ1) is 7.68. The van der Waals surface area contributed by atoms with E-state index < -0.39 is 5.97 Å². The van der Waals surface area contributed by atoms with Crippen LogP contribution in [0.4, 0.5) is 0 Å². The molecule has 1 aliphatic rings. The Morgan fingerprint density at radius 2 is 1.81 bits per heavy atom. The van der Waals surface area contributed by atoms with Gasteiger partial charge in [0.25, 0.3) is 0 Å². The van der Waals surface area contributed by atoms with Crippen molar-refractivity contribution in [2.45, 2.75) is 38.5 Å². The molecule has 1 saturated carbocycles. The largest absolute Gasteiger partial charge is 0.478 e. The van der Waals surface area contributed by atoms with E-state index in [1.165, 1.54) is 31.2 Å². The fourth-order valence-electron chi connectivity index (χ4n) is 2.68. The molecule has 1 fully saturated rings. The Bertz CT molecular complexity index is 367. The molecule has 1 aromatic carbocycles. The molecule has 0 spiro atoms. The molecule has 16 heavy (non-hydrogen) atoms. The van der Waals surface area contributed by atoms with Gasteiger partial charge in [0.05, 0.1) is 5.56 Å². The summed E-state index contributed by atoms with van der Waals surface area (Å²) in [5.41, 5.74) is 1.68. The lowest BCUT2D eigenvalue weighted by atomic mass is 9.76. The number of aromatic carboxylic acids is 1. The standard InChI is InChI=1S/C14H18O2/c1-10-4-2-3-5-13(10)11-6-8-12(9-7-11)14(15)16/h6-10,13H,2-5H2,1H3,(H,15,16). The van der Waals surface area contributed by atoms with Crippen molar-refractivity contribution >= 4 is 5.97 Å². The van der Waals surface area contributed by atoms with Gasteiger partial charge in [-0.15, -0.1) is 0 Å². The maximum absolute atomic E-state index is 10.8. The second kappa shape index (κ2) is 4.69. The molecule has 0 amide bonds. The third-order valence-electron chi connectivity index (χ3n) is 3.70. The van der Waals surface area contributed by atoms with Crippen molar-refractivity contribution in [2.75, 3.05) is 0 Å². The molecule has 2 nitrogen and oxygen atoms in total. The summed E-state index contributed by atoms with van der Waals surface area (Å²) in [6.45, 7) is 2.30. The van der Waals surface area contributed by atoms with Gasteiger partial charge in [0.15, 0.2) is 0 Å². The van der Waals surface area contributed by atoms with E-state index in [2.05, 4.69) is 6.92 Å². The van der Waals surface area contributed by atoms with Crippen LogP contribution in [0.2, 0.25) is 0 Å². The van der Waals surface area contributed by atoms with Crippen molar-refractivity contribution in [3.8, 4) is 0 Å². The lowest BCUT2D eigenvalue weighted by Gasteiger charge is -2.29. The van der Waals surface area contributed by atoms with Crippen LogP contribution in [0.15, 0.2) is 24.3 Å². The fourth-order valence-corrected chi connectivity index (χ4v) is 2.68. The van der Waals surface area contributed by atoms with E-state index in [-0.39, 0.29) is 0 Å². The Hall–Kier alpha value is -1.31. The minimum Gasteiger partial charge on any atom is -0.478 e. The van der Waals surface area contributed by atoms with Crippen molar-refractivity contribution in [3.05, 3.63) is 35.4 Å². The Kier molecular flexibility index (Phi) is 3.28. The van der Waals surface area contributed by atoms with Gasteiger partial charge in [0.1, 0.15) is 0 Å². The predicted octanol–water partition coefficient (Wildman–Crippen LogP) is 3.68. The molecule has 0 aliphatic heterocycles. The van der Waals surface area contributed by atoms with E-state index in [1.807, 2.05) is 12.1 Å². The topological polar surface area (TPSA) is 37.3 Å². The Balaban J connectivity index is 2.17. The van der Waals surface area contributed by atoms with Crippen LogP contribution < -0.4 is 0 Å². The van der Waals surface area contributed by atoms with Gasteiger partial charge in [0, 0.05) is 0 Å². The number of carboxylic acids is 1. The zero-order valence-electron chi connectivity index (χ0n) is 9.65. The van der Waals surface area contributed by atoms with Crippen LogP contribution in [0, 0.1) is 5.92 Å². The zero-order chi connectivity index (χ0) is 11.5. The number of hydrogen-bond acceptors (Lipinski definition) is 1. The smallest absolute Gasteiger partial charge is 0.335 e. The van der Waals surface area contributed by atoms with E-state index in [0.717, 1.165) is 5.92 Å². The van der Waals surface area contributed by atoms with Gasteiger partial charge < -0.3 is 5.11 Å². The molecule has 1 aliphatic carbocycles. The Morgan fingerprint density at radius 3 is 2.38 bits per heavy atom. The molecule has 2 unspecified atom stereocenters. The van der Waals surface area contributed by atoms with E-state index in [9.17, 15) is 4.79 Å². The molecule has 1 aromatic rings. The van der Waals surface area contributed by atoms with Gasteiger partial charge in [-0.2, -0.15) is 0 Å². The van der Waals surface area contributed by atoms with E-state index in [4.69, 9.17) is 5.11 Å². The third-order valence-corrected chi connectivity index (χ3v) is 3.70. The average Bonchev–Trinajstić information content (AvgIpc) is 2.30. The Morgan fingerprint density at radius 1 is 1.19 bits per heavy atom. The number of rotatable bonds is 2. The zero-order valence-corrected chi connectivity index (χ0v) is 9.65. The summed E-state index contributed by atoms with van der Waals surface area (Å²) < 4.78 is 0. The summed E-state index contributed by atoms with van der Waals surface area (Å²) in [7, 11) is 0. The molecular formula is C14H18O2. The highest BCUT2D eigenvalue weighted by Gasteiger charge is 2.22. The van der Waals surface area contributed by atoms with Crippen LogP contribution in [0.25, 0.3) is 0 Å². The first-order valence-electron chi connectivity index (χ1n) is 6.01. The van der Waals surface area contributed by atoms with Crippen LogP contribution in [0.1, 0.15) is 54.4 Å². The maximum atomic E-state index is 10.8. The third kappa shape index (κ3) is 2.26. The van der Waals surface area contributed by atoms with Crippen LogP contribution in [0.5, 0.6) is 0 Å². The molecule has 86 valence electrons. The minimum atomic E-state index is -0.844. The van der Waals surface area contributed by atoms with E-state index in [0.29, 0.717) is 11.5 Å². The van der Waals surface area contributed by atoms with Crippen molar-refractivity contribution in [1.29, 1.82) is 0 Å². The summed E-state index contributed by atoms with van der Waals surface area (Å²) >= 11 is 0. The normalized spacial score (nSPS) is 25.3. The number of carbonyl (C=O) groups is 1. The van der Waals surface area contributed by atoms with Gasteiger partial charge in [-0.05, 0) is 36.0 Å². The molecule has 0 radical (unpaired) electrons. The van der Waals surface area contributed by atoms with Crippen molar-refractivity contribution in [1.82, 2.24) is 0 Å². The summed E-state index contributed by atoms with van der Waals surface area (Å²) in [5.74, 6) is 0.504. The molecule has 1 N–H and O–H groups in total. The van der Waals surface area contributed by atoms with Crippen LogP contribution >= 0.6 is 0 Å². The first kappa shape index (κ1) is 11.2.